The van der Waals surface area contributed by atoms with Crippen molar-refractivity contribution in [3.8, 4) is 0 Å². The second-order valence-electron chi connectivity index (χ2n) is 6.83. The molecule has 0 spiro atoms. The standard InChI is InChI=1S/C21H24N4O/c26-21(23-20-14-22-19-9-5-4-8-18(19)20)16-25-12-10-24(11-13-25)15-17-6-2-1-3-7-17/h1-9,14,22H,10-13,15-16H2,(H,23,26). The Bertz CT molecular complexity index is 866. The van der Waals surface area contributed by atoms with E-state index in [0.717, 1.165) is 49.3 Å². The van der Waals surface area contributed by atoms with E-state index in [1.807, 2.05) is 36.5 Å². The number of benzene rings is 2. The molecule has 1 aliphatic rings. The Morgan fingerprint density at radius 3 is 2.42 bits per heavy atom. The van der Waals surface area contributed by atoms with Crippen molar-refractivity contribution < 1.29 is 4.79 Å². The zero-order valence-electron chi connectivity index (χ0n) is 14.8. The van der Waals surface area contributed by atoms with Crippen LogP contribution in [0.5, 0.6) is 0 Å². The van der Waals surface area contributed by atoms with Gasteiger partial charge in [0.05, 0.1) is 12.2 Å². The summed E-state index contributed by atoms with van der Waals surface area (Å²) in [7, 11) is 0. The van der Waals surface area contributed by atoms with Crippen LogP contribution in [0.3, 0.4) is 0 Å². The summed E-state index contributed by atoms with van der Waals surface area (Å²) in [6.07, 6.45) is 1.86. The number of amides is 1. The summed E-state index contributed by atoms with van der Waals surface area (Å²) in [5.41, 5.74) is 3.24. The fourth-order valence-corrected chi connectivity index (χ4v) is 3.51. The zero-order chi connectivity index (χ0) is 17.8. The maximum absolute atomic E-state index is 12.4. The predicted molar refractivity (Wildman–Crippen MR) is 105 cm³/mol. The van der Waals surface area contributed by atoms with Gasteiger partial charge in [-0.05, 0) is 11.6 Å². The first kappa shape index (κ1) is 16.8. The Hall–Kier alpha value is -2.63. The molecule has 2 N–H and O–H groups in total. The number of rotatable bonds is 5. The smallest absolute Gasteiger partial charge is 0.238 e. The molecule has 0 unspecified atom stereocenters. The number of nitrogens with zero attached hydrogens (tertiary/aromatic N) is 2. The molecule has 0 atom stereocenters. The molecule has 5 nitrogen and oxygen atoms in total. The maximum Gasteiger partial charge on any atom is 0.238 e. The quantitative estimate of drug-likeness (QED) is 0.745. The molecule has 0 bridgehead atoms. The molecule has 2 aromatic carbocycles. The highest BCUT2D eigenvalue weighted by Crippen LogP contribution is 2.22. The number of fused-ring (bicyclic) bond motifs is 1. The predicted octanol–water partition coefficient (Wildman–Crippen LogP) is 2.92. The second kappa shape index (κ2) is 7.72. The normalized spacial score (nSPS) is 16.0. The molecule has 3 aromatic rings. The minimum Gasteiger partial charge on any atom is -0.359 e. The molecule has 4 rings (SSSR count). The number of hydrogen-bond donors (Lipinski definition) is 2. The van der Waals surface area contributed by atoms with Crippen molar-refractivity contribution in [1.82, 2.24) is 14.8 Å². The molecule has 1 aliphatic heterocycles. The van der Waals surface area contributed by atoms with Crippen LogP contribution in [-0.2, 0) is 11.3 Å². The van der Waals surface area contributed by atoms with Crippen LogP contribution in [0, 0.1) is 0 Å². The fraction of sp³-hybridized carbons (Fsp3) is 0.286. The first-order chi connectivity index (χ1) is 12.8. The number of anilines is 1. The van der Waals surface area contributed by atoms with Crippen molar-refractivity contribution in [2.45, 2.75) is 6.54 Å². The second-order valence-corrected chi connectivity index (χ2v) is 6.83. The van der Waals surface area contributed by atoms with Crippen LogP contribution in [0.25, 0.3) is 10.9 Å². The van der Waals surface area contributed by atoms with E-state index >= 15 is 0 Å². The van der Waals surface area contributed by atoms with Crippen LogP contribution in [0.4, 0.5) is 5.69 Å². The van der Waals surface area contributed by atoms with Gasteiger partial charge < -0.3 is 10.3 Å². The highest BCUT2D eigenvalue weighted by molar-refractivity contribution is 6.02. The molecule has 1 fully saturated rings. The molecule has 26 heavy (non-hydrogen) atoms. The maximum atomic E-state index is 12.4. The molecule has 2 heterocycles. The monoisotopic (exact) mass is 348 g/mol. The number of aromatic amines is 1. The number of nitrogens with one attached hydrogen (secondary N) is 2. The summed E-state index contributed by atoms with van der Waals surface area (Å²) in [5, 5.41) is 4.09. The third-order valence-corrected chi connectivity index (χ3v) is 4.94. The van der Waals surface area contributed by atoms with Gasteiger partial charge in [0.1, 0.15) is 0 Å². The van der Waals surface area contributed by atoms with Crippen LogP contribution in [-0.4, -0.2) is 53.4 Å². The van der Waals surface area contributed by atoms with Gasteiger partial charge in [0.15, 0.2) is 0 Å². The summed E-state index contributed by atoms with van der Waals surface area (Å²) in [4.78, 5) is 20.3. The van der Waals surface area contributed by atoms with Crippen molar-refractivity contribution in [2.75, 3.05) is 38.0 Å². The number of carbonyl (C=O) groups excluding carboxylic acids is 1. The van der Waals surface area contributed by atoms with Gasteiger partial charge in [0, 0.05) is 49.8 Å². The van der Waals surface area contributed by atoms with Gasteiger partial charge in [-0.25, -0.2) is 0 Å². The molecule has 1 amide bonds. The minimum absolute atomic E-state index is 0.0475. The molecule has 0 aliphatic carbocycles. The van der Waals surface area contributed by atoms with E-state index < -0.39 is 0 Å². The molecule has 1 saturated heterocycles. The Balaban J connectivity index is 1.27. The van der Waals surface area contributed by atoms with E-state index in [0.29, 0.717) is 6.54 Å². The lowest BCUT2D eigenvalue weighted by Crippen LogP contribution is -2.48. The van der Waals surface area contributed by atoms with Gasteiger partial charge in [-0.2, -0.15) is 0 Å². The van der Waals surface area contributed by atoms with Gasteiger partial charge in [-0.15, -0.1) is 0 Å². The van der Waals surface area contributed by atoms with E-state index in [9.17, 15) is 4.79 Å². The SMILES string of the molecule is O=C(CN1CCN(Cc2ccccc2)CC1)Nc1c[nH]c2ccccc12. The average molecular weight is 348 g/mol. The van der Waals surface area contributed by atoms with Gasteiger partial charge in [0.25, 0.3) is 0 Å². The van der Waals surface area contributed by atoms with Crippen molar-refractivity contribution >= 4 is 22.5 Å². The molecular formula is C21H24N4O. The summed E-state index contributed by atoms with van der Waals surface area (Å²) >= 11 is 0. The molecule has 1 aromatic heterocycles. The number of piperazine rings is 1. The van der Waals surface area contributed by atoms with Gasteiger partial charge in [-0.1, -0.05) is 48.5 Å². The highest BCUT2D eigenvalue weighted by Gasteiger charge is 2.19. The first-order valence-corrected chi connectivity index (χ1v) is 9.12. The van der Waals surface area contributed by atoms with Crippen LogP contribution in [0.15, 0.2) is 60.8 Å². The summed E-state index contributed by atoms with van der Waals surface area (Å²) in [6.45, 7) is 5.27. The van der Waals surface area contributed by atoms with Crippen LogP contribution >= 0.6 is 0 Å². The third-order valence-electron chi connectivity index (χ3n) is 4.94. The third kappa shape index (κ3) is 3.95. The van der Waals surface area contributed by atoms with Gasteiger partial charge >= 0.3 is 0 Å². The Morgan fingerprint density at radius 2 is 1.62 bits per heavy atom. The number of H-pyrrole nitrogens is 1. The topological polar surface area (TPSA) is 51.4 Å². The van der Waals surface area contributed by atoms with E-state index in [1.165, 1.54) is 5.56 Å². The van der Waals surface area contributed by atoms with Gasteiger partial charge in [0.2, 0.25) is 5.91 Å². The highest BCUT2D eigenvalue weighted by atomic mass is 16.2. The Labute approximate surface area is 153 Å². The summed E-state index contributed by atoms with van der Waals surface area (Å²) < 4.78 is 0. The van der Waals surface area contributed by atoms with Crippen molar-refractivity contribution in [2.24, 2.45) is 0 Å². The first-order valence-electron chi connectivity index (χ1n) is 9.12. The van der Waals surface area contributed by atoms with E-state index in [2.05, 4.69) is 44.4 Å². The van der Waals surface area contributed by atoms with E-state index in [1.54, 1.807) is 0 Å². The average Bonchev–Trinajstić information content (AvgIpc) is 3.07. The molecule has 0 radical (unpaired) electrons. The Morgan fingerprint density at radius 1 is 0.923 bits per heavy atom. The van der Waals surface area contributed by atoms with Crippen molar-refractivity contribution in [1.29, 1.82) is 0 Å². The largest absolute Gasteiger partial charge is 0.359 e. The summed E-state index contributed by atoms with van der Waals surface area (Å²) in [5.74, 6) is 0.0475. The summed E-state index contributed by atoms with van der Waals surface area (Å²) in [6, 6.07) is 18.6. The van der Waals surface area contributed by atoms with E-state index in [4.69, 9.17) is 0 Å². The lowest BCUT2D eigenvalue weighted by atomic mass is 10.2. The minimum atomic E-state index is 0.0475. The number of para-hydroxylation sites is 1. The lowest BCUT2D eigenvalue weighted by molar-refractivity contribution is -0.117. The molecule has 134 valence electrons. The van der Waals surface area contributed by atoms with Crippen molar-refractivity contribution in [3.05, 3.63) is 66.4 Å². The zero-order valence-corrected chi connectivity index (χ0v) is 14.8. The van der Waals surface area contributed by atoms with Crippen molar-refractivity contribution in [3.63, 3.8) is 0 Å². The number of aromatic nitrogens is 1. The fourth-order valence-electron chi connectivity index (χ4n) is 3.51. The van der Waals surface area contributed by atoms with Crippen LogP contribution < -0.4 is 5.32 Å². The number of hydrogen-bond acceptors (Lipinski definition) is 3. The Kier molecular flexibility index (Phi) is 5.00. The van der Waals surface area contributed by atoms with E-state index in [-0.39, 0.29) is 5.91 Å². The van der Waals surface area contributed by atoms with Crippen LogP contribution in [0.2, 0.25) is 0 Å². The number of carbonyl (C=O) groups is 1. The molecule has 0 saturated carbocycles. The molecule has 5 heteroatoms. The lowest BCUT2D eigenvalue weighted by Gasteiger charge is -2.34. The molecular weight excluding hydrogens is 324 g/mol. The van der Waals surface area contributed by atoms with Crippen LogP contribution in [0.1, 0.15) is 5.56 Å². The van der Waals surface area contributed by atoms with Gasteiger partial charge in [-0.3, -0.25) is 14.6 Å².